The molecule has 2 heterocycles. The summed E-state index contributed by atoms with van der Waals surface area (Å²) in [7, 11) is 0. The average Bonchev–Trinajstić information content (AvgIpc) is 3.03. The molecule has 0 radical (unpaired) electrons. The van der Waals surface area contributed by atoms with Crippen molar-refractivity contribution in [1.82, 2.24) is 10.2 Å². The highest BCUT2D eigenvalue weighted by Crippen LogP contribution is 2.37. The quantitative estimate of drug-likeness (QED) is 0.683. The highest BCUT2D eigenvalue weighted by molar-refractivity contribution is 6.31. The van der Waals surface area contributed by atoms with Crippen molar-refractivity contribution in [1.29, 1.82) is 0 Å². The van der Waals surface area contributed by atoms with E-state index in [1.54, 1.807) is 12.1 Å². The fourth-order valence-electron chi connectivity index (χ4n) is 3.34. The van der Waals surface area contributed by atoms with Crippen LogP contribution < -0.4 is 5.32 Å². The molecule has 0 aliphatic carbocycles. The molecule has 0 saturated carbocycles. The molecule has 1 aromatic rings. The summed E-state index contributed by atoms with van der Waals surface area (Å²) in [4.78, 5) is 12.8. The van der Waals surface area contributed by atoms with Crippen LogP contribution in [0, 0.1) is 15.5 Å². The molecule has 2 aliphatic heterocycles. The van der Waals surface area contributed by atoms with Crippen LogP contribution in [0.3, 0.4) is 0 Å². The molecule has 1 aromatic carbocycles. The van der Waals surface area contributed by atoms with E-state index in [9.17, 15) is 10.1 Å². The van der Waals surface area contributed by atoms with E-state index in [0.717, 1.165) is 31.7 Å². The van der Waals surface area contributed by atoms with Gasteiger partial charge in [-0.15, -0.1) is 12.4 Å². The Kier molecular flexibility index (Phi) is 5.09. The number of hydrogen-bond donors (Lipinski definition) is 1. The van der Waals surface area contributed by atoms with Crippen LogP contribution in [0.5, 0.6) is 0 Å². The molecule has 5 nitrogen and oxygen atoms in total. The normalized spacial score (nSPS) is 25.2. The number of halogens is 2. The second-order valence-corrected chi connectivity index (χ2v) is 6.33. The molecule has 3 rings (SSSR count). The van der Waals surface area contributed by atoms with Gasteiger partial charge >= 0.3 is 0 Å². The van der Waals surface area contributed by atoms with E-state index in [0.29, 0.717) is 17.0 Å². The Labute approximate surface area is 135 Å². The van der Waals surface area contributed by atoms with Crippen LogP contribution in [0.4, 0.5) is 5.69 Å². The summed E-state index contributed by atoms with van der Waals surface area (Å²) in [6.07, 6.45) is 2.43. The molecular formula is C14H19Cl2N3O2. The van der Waals surface area contributed by atoms with Crippen molar-refractivity contribution in [3.63, 3.8) is 0 Å². The molecule has 0 bridgehead atoms. The van der Waals surface area contributed by atoms with Crippen LogP contribution in [-0.4, -0.2) is 36.0 Å². The van der Waals surface area contributed by atoms with Gasteiger partial charge in [-0.1, -0.05) is 11.6 Å². The first-order valence-electron chi connectivity index (χ1n) is 6.94. The summed E-state index contributed by atoms with van der Waals surface area (Å²) < 4.78 is 0. The summed E-state index contributed by atoms with van der Waals surface area (Å²) >= 11 is 6.17. The third-order valence-corrected chi connectivity index (χ3v) is 4.85. The van der Waals surface area contributed by atoms with Crippen LogP contribution in [0.2, 0.25) is 5.02 Å². The predicted octanol–water partition coefficient (Wildman–Crippen LogP) is 2.86. The van der Waals surface area contributed by atoms with Gasteiger partial charge in [-0.3, -0.25) is 15.0 Å². The predicted molar refractivity (Wildman–Crippen MR) is 85.2 cm³/mol. The largest absolute Gasteiger partial charge is 0.316 e. The third kappa shape index (κ3) is 3.48. The SMILES string of the molecule is Cl.O=[N+]([O-])c1ccc(Cl)c(CN2CCC3(CCNC3)C2)c1. The van der Waals surface area contributed by atoms with E-state index in [2.05, 4.69) is 10.2 Å². The number of non-ortho nitro benzene ring substituents is 1. The van der Waals surface area contributed by atoms with Gasteiger partial charge in [0.1, 0.15) is 0 Å². The Morgan fingerprint density at radius 3 is 2.90 bits per heavy atom. The van der Waals surface area contributed by atoms with Crippen LogP contribution >= 0.6 is 24.0 Å². The van der Waals surface area contributed by atoms with Crippen molar-refractivity contribution >= 4 is 29.7 Å². The molecular weight excluding hydrogens is 313 g/mol. The summed E-state index contributed by atoms with van der Waals surface area (Å²) in [5.74, 6) is 0. The zero-order chi connectivity index (χ0) is 14.2. The Balaban J connectivity index is 0.00000161. The highest BCUT2D eigenvalue weighted by Gasteiger charge is 2.40. The van der Waals surface area contributed by atoms with E-state index in [-0.39, 0.29) is 23.0 Å². The molecule has 1 unspecified atom stereocenters. The molecule has 116 valence electrons. The number of benzene rings is 1. The second kappa shape index (κ2) is 6.48. The zero-order valence-electron chi connectivity index (χ0n) is 11.7. The van der Waals surface area contributed by atoms with Gasteiger partial charge in [-0.2, -0.15) is 0 Å². The molecule has 0 aromatic heterocycles. The topological polar surface area (TPSA) is 58.4 Å². The summed E-state index contributed by atoms with van der Waals surface area (Å²) in [5, 5.41) is 14.9. The van der Waals surface area contributed by atoms with E-state index >= 15 is 0 Å². The molecule has 1 N–H and O–H groups in total. The van der Waals surface area contributed by atoms with E-state index in [4.69, 9.17) is 11.6 Å². The minimum atomic E-state index is -0.369. The third-order valence-electron chi connectivity index (χ3n) is 4.48. The van der Waals surface area contributed by atoms with Crippen molar-refractivity contribution in [2.75, 3.05) is 26.2 Å². The maximum Gasteiger partial charge on any atom is 0.269 e. The maximum atomic E-state index is 10.8. The first kappa shape index (κ1) is 16.5. The summed E-state index contributed by atoms with van der Waals surface area (Å²) in [6.45, 7) is 4.99. The van der Waals surface area contributed by atoms with Crippen LogP contribution in [-0.2, 0) is 6.54 Å². The molecule has 0 amide bonds. The van der Waals surface area contributed by atoms with Gasteiger partial charge in [0.05, 0.1) is 4.92 Å². The highest BCUT2D eigenvalue weighted by atomic mass is 35.5. The number of nitrogens with one attached hydrogen (secondary N) is 1. The first-order chi connectivity index (χ1) is 9.58. The lowest BCUT2D eigenvalue weighted by atomic mass is 9.86. The Morgan fingerprint density at radius 2 is 2.24 bits per heavy atom. The van der Waals surface area contributed by atoms with Crippen molar-refractivity contribution in [3.8, 4) is 0 Å². The number of nitro groups is 1. The summed E-state index contributed by atoms with van der Waals surface area (Å²) in [6, 6.07) is 4.68. The van der Waals surface area contributed by atoms with Gasteiger partial charge in [0, 0.05) is 36.8 Å². The van der Waals surface area contributed by atoms with Crippen molar-refractivity contribution in [2.45, 2.75) is 19.4 Å². The lowest BCUT2D eigenvalue weighted by Gasteiger charge is -2.23. The van der Waals surface area contributed by atoms with E-state index in [1.165, 1.54) is 18.9 Å². The molecule has 2 saturated heterocycles. The molecule has 2 aliphatic rings. The lowest BCUT2D eigenvalue weighted by molar-refractivity contribution is -0.384. The Morgan fingerprint density at radius 1 is 1.43 bits per heavy atom. The Bertz CT molecular complexity index is 533. The standard InChI is InChI=1S/C14H18ClN3O2.ClH/c15-13-2-1-12(18(19)20)7-11(13)8-17-6-4-14(10-17)3-5-16-9-14;/h1-2,7,16H,3-6,8-10H2;1H. The average molecular weight is 332 g/mol. The number of rotatable bonds is 3. The molecule has 7 heteroatoms. The molecule has 2 fully saturated rings. The van der Waals surface area contributed by atoms with Gasteiger partial charge < -0.3 is 5.32 Å². The van der Waals surface area contributed by atoms with Gasteiger partial charge in [-0.25, -0.2) is 0 Å². The Hall–Kier alpha value is -0.880. The molecule has 21 heavy (non-hydrogen) atoms. The smallest absolute Gasteiger partial charge is 0.269 e. The first-order valence-corrected chi connectivity index (χ1v) is 7.32. The van der Waals surface area contributed by atoms with Crippen molar-refractivity contribution in [2.24, 2.45) is 5.41 Å². The number of likely N-dealkylation sites (tertiary alicyclic amines) is 1. The lowest BCUT2D eigenvalue weighted by Crippen LogP contribution is -2.29. The number of nitro benzene ring substituents is 1. The van der Waals surface area contributed by atoms with Crippen molar-refractivity contribution < 1.29 is 4.92 Å². The van der Waals surface area contributed by atoms with Crippen LogP contribution in [0.15, 0.2) is 18.2 Å². The van der Waals surface area contributed by atoms with Crippen LogP contribution in [0.1, 0.15) is 18.4 Å². The zero-order valence-corrected chi connectivity index (χ0v) is 13.3. The fourth-order valence-corrected chi connectivity index (χ4v) is 3.52. The molecule has 1 spiro atoms. The maximum absolute atomic E-state index is 10.8. The second-order valence-electron chi connectivity index (χ2n) is 5.92. The monoisotopic (exact) mass is 331 g/mol. The van der Waals surface area contributed by atoms with Crippen molar-refractivity contribution in [3.05, 3.63) is 38.9 Å². The number of hydrogen-bond acceptors (Lipinski definition) is 4. The number of nitrogens with zero attached hydrogens (tertiary/aromatic N) is 2. The molecule has 1 atom stereocenters. The fraction of sp³-hybridized carbons (Fsp3) is 0.571. The minimum absolute atomic E-state index is 0. The minimum Gasteiger partial charge on any atom is -0.316 e. The van der Waals surface area contributed by atoms with Crippen LogP contribution in [0.25, 0.3) is 0 Å². The van der Waals surface area contributed by atoms with Gasteiger partial charge in [0.2, 0.25) is 0 Å². The van der Waals surface area contributed by atoms with Gasteiger partial charge in [-0.05, 0) is 43.0 Å². The summed E-state index contributed by atoms with van der Waals surface area (Å²) in [5.41, 5.74) is 1.37. The van der Waals surface area contributed by atoms with Gasteiger partial charge in [0.25, 0.3) is 5.69 Å². The van der Waals surface area contributed by atoms with Gasteiger partial charge in [0.15, 0.2) is 0 Å². The van der Waals surface area contributed by atoms with E-state index < -0.39 is 0 Å². The van der Waals surface area contributed by atoms with E-state index in [1.807, 2.05) is 0 Å².